The lowest BCUT2D eigenvalue weighted by Crippen LogP contribution is -2.05. The van der Waals surface area contributed by atoms with Crippen LogP contribution in [0, 0.1) is 6.92 Å². The fourth-order valence-corrected chi connectivity index (χ4v) is 2.19. The van der Waals surface area contributed by atoms with Crippen LogP contribution in [-0.2, 0) is 0 Å². The van der Waals surface area contributed by atoms with Crippen molar-refractivity contribution in [3.8, 4) is 5.75 Å². The van der Waals surface area contributed by atoms with Gasteiger partial charge >= 0.3 is 0 Å². The maximum Gasteiger partial charge on any atom is 0.127 e. The van der Waals surface area contributed by atoms with Crippen LogP contribution in [0.4, 0.5) is 0 Å². The summed E-state index contributed by atoms with van der Waals surface area (Å²) in [6, 6.07) is 16.8. The van der Waals surface area contributed by atoms with Crippen LogP contribution < -0.4 is 4.74 Å². The van der Waals surface area contributed by atoms with Crippen molar-refractivity contribution >= 4 is 5.57 Å². The Balaban J connectivity index is 2.12. The molecular weight excluding hydrogens is 208 g/mol. The normalized spacial score (nSPS) is 13.6. The molecule has 0 amide bonds. The number of fused-ring (bicyclic) bond motifs is 1. The van der Waals surface area contributed by atoms with Gasteiger partial charge in [0.1, 0.15) is 12.4 Å². The summed E-state index contributed by atoms with van der Waals surface area (Å²) in [6.45, 7) is 2.74. The summed E-state index contributed by atoms with van der Waals surface area (Å²) in [4.78, 5) is 0. The van der Waals surface area contributed by atoms with Gasteiger partial charge in [-0.2, -0.15) is 0 Å². The molecule has 2 aromatic carbocycles. The predicted octanol–water partition coefficient (Wildman–Crippen LogP) is 3.82. The number of rotatable bonds is 1. The zero-order valence-electron chi connectivity index (χ0n) is 9.81. The van der Waals surface area contributed by atoms with Crippen LogP contribution >= 0.6 is 0 Å². The maximum atomic E-state index is 5.68. The molecule has 1 aliphatic rings. The average molecular weight is 222 g/mol. The van der Waals surface area contributed by atoms with Crippen LogP contribution in [0.2, 0.25) is 0 Å². The Hall–Kier alpha value is -2.02. The lowest BCUT2D eigenvalue weighted by atomic mass is 9.95. The SMILES string of the molecule is Cc1ccc2c(c1)OCC=C2c1ccccc1. The summed E-state index contributed by atoms with van der Waals surface area (Å²) in [5, 5.41) is 0. The van der Waals surface area contributed by atoms with Crippen molar-refractivity contribution in [2.45, 2.75) is 6.92 Å². The lowest BCUT2D eigenvalue weighted by Gasteiger charge is -2.19. The molecule has 17 heavy (non-hydrogen) atoms. The van der Waals surface area contributed by atoms with Gasteiger partial charge in [0.25, 0.3) is 0 Å². The molecule has 84 valence electrons. The molecule has 3 rings (SSSR count). The second-order valence-corrected chi connectivity index (χ2v) is 4.29. The van der Waals surface area contributed by atoms with Crippen LogP contribution in [0.5, 0.6) is 5.75 Å². The molecule has 0 saturated carbocycles. The van der Waals surface area contributed by atoms with E-state index in [1.807, 2.05) is 6.07 Å². The molecule has 1 heterocycles. The number of hydrogen-bond acceptors (Lipinski definition) is 1. The summed E-state index contributed by atoms with van der Waals surface area (Å²) in [6.07, 6.45) is 2.15. The fraction of sp³-hybridized carbons (Fsp3) is 0.125. The summed E-state index contributed by atoms with van der Waals surface area (Å²) in [5.74, 6) is 0.992. The third kappa shape index (κ3) is 1.84. The number of ether oxygens (including phenoxy) is 1. The van der Waals surface area contributed by atoms with Crippen LogP contribution in [0.1, 0.15) is 16.7 Å². The van der Waals surface area contributed by atoms with Gasteiger partial charge in [-0.15, -0.1) is 0 Å². The molecule has 1 aliphatic heterocycles. The maximum absolute atomic E-state index is 5.68. The summed E-state index contributed by atoms with van der Waals surface area (Å²) in [5.41, 5.74) is 4.94. The van der Waals surface area contributed by atoms with E-state index in [0.29, 0.717) is 6.61 Å². The van der Waals surface area contributed by atoms with E-state index in [1.54, 1.807) is 0 Å². The lowest BCUT2D eigenvalue weighted by molar-refractivity contribution is 0.357. The third-order valence-electron chi connectivity index (χ3n) is 3.04. The van der Waals surface area contributed by atoms with E-state index >= 15 is 0 Å². The number of aryl methyl sites for hydroxylation is 1. The largest absolute Gasteiger partial charge is 0.489 e. The Morgan fingerprint density at radius 3 is 2.65 bits per heavy atom. The summed E-state index contributed by atoms with van der Waals surface area (Å²) < 4.78 is 5.68. The zero-order valence-corrected chi connectivity index (χ0v) is 9.81. The standard InChI is InChI=1S/C16H14O/c1-12-7-8-15-14(9-10-17-16(15)11-12)13-5-3-2-4-6-13/h2-9,11H,10H2,1H3. The van der Waals surface area contributed by atoms with Crippen molar-refractivity contribution in [1.82, 2.24) is 0 Å². The van der Waals surface area contributed by atoms with E-state index in [9.17, 15) is 0 Å². The molecule has 1 heteroatoms. The van der Waals surface area contributed by atoms with E-state index < -0.39 is 0 Å². The molecule has 1 nitrogen and oxygen atoms in total. The van der Waals surface area contributed by atoms with Gasteiger partial charge in [-0.05, 0) is 35.8 Å². The first-order chi connectivity index (χ1) is 8.34. The highest BCUT2D eigenvalue weighted by atomic mass is 16.5. The molecule has 0 N–H and O–H groups in total. The molecule has 0 saturated heterocycles. The smallest absolute Gasteiger partial charge is 0.127 e. The molecule has 0 radical (unpaired) electrons. The van der Waals surface area contributed by atoms with Crippen LogP contribution in [0.25, 0.3) is 5.57 Å². The molecule has 0 aliphatic carbocycles. The number of benzene rings is 2. The first-order valence-electron chi connectivity index (χ1n) is 5.84. The molecule has 2 aromatic rings. The van der Waals surface area contributed by atoms with Gasteiger partial charge < -0.3 is 4.74 Å². The van der Waals surface area contributed by atoms with Gasteiger partial charge in [0.15, 0.2) is 0 Å². The molecule has 0 atom stereocenters. The van der Waals surface area contributed by atoms with Crippen LogP contribution in [-0.4, -0.2) is 6.61 Å². The fourth-order valence-electron chi connectivity index (χ4n) is 2.19. The number of hydrogen-bond donors (Lipinski definition) is 0. The molecular formula is C16H14O. The Morgan fingerprint density at radius 2 is 1.82 bits per heavy atom. The Labute approximate surface area is 101 Å². The van der Waals surface area contributed by atoms with Crippen molar-refractivity contribution in [1.29, 1.82) is 0 Å². The summed E-state index contributed by atoms with van der Waals surface area (Å²) in [7, 11) is 0. The minimum absolute atomic E-state index is 0.653. The van der Waals surface area contributed by atoms with Gasteiger partial charge in [-0.1, -0.05) is 42.5 Å². The van der Waals surface area contributed by atoms with E-state index in [2.05, 4.69) is 55.5 Å². The highest BCUT2D eigenvalue weighted by molar-refractivity contribution is 5.83. The Morgan fingerprint density at radius 1 is 1.00 bits per heavy atom. The van der Waals surface area contributed by atoms with E-state index in [0.717, 1.165) is 5.75 Å². The molecule has 0 spiro atoms. The van der Waals surface area contributed by atoms with Crippen molar-refractivity contribution in [2.75, 3.05) is 6.61 Å². The monoisotopic (exact) mass is 222 g/mol. The van der Waals surface area contributed by atoms with E-state index in [4.69, 9.17) is 4.74 Å². The van der Waals surface area contributed by atoms with Crippen molar-refractivity contribution in [2.24, 2.45) is 0 Å². The second-order valence-electron chi connectivity index (χ2n) is 4.29. The van der Waals surface area contributed by atoms with E-state index in [-0.39, 0.29) is 0 Å². The van der Waals surface area contributed by atoms with Gasteiger partial charge in [0, 0.05) is 5.56 Å². The minimum atomic E-state index is 0.653. The van der Waals surface area contributed by atoms with Gasteiger partial charge in [0.2, 0.25) is 0 Å². The van der Waals surface area contributed by atoms with Crippen LogP contribution in [0.15, 0.2) is 54.6 Å². The van der Waals surface area contributed by atoms with E-state index in [1.165, 1.54) is 22.3 Å². The Kier molecular flexibility index (Phi) is 2.45. The molecule has 0 unspecified atom stereocenters. The first-order valence-corrected chi connectivity index (χ1v) is 5.84. The highest BCUT2D eigenvalue weighted by Gasteiger charge is 2.14. The van der Waals surface area contributed by atoms with Crippen molar-refractivity contribution in [3.63, 3.8) is 0 Å². The molecule has 0 bridgehead atoms. The predicted molar refractivity (Wildman–Crippen MR) is 70.2 cm³/mol. The van der Waals surface area contributed by atoms with Gasteiger partial charge in [-0.3, -0.25) is 0 Å². The van der Waals surface area contributed by atoms with Gasteiger partial charge in [0.05, 0.1) is 0 Å². The highest BCUT2D eigenvalue weighted by Crippen LogP contribution is 2.34. The Bertz CT molecular complexity index is 567. The summed E-state index contributed by atoms with van der Waals surface area (Å²) >= 11 is 0. The molecule has 0 fully saturated rings. The van der Waals surface area contributed by atoms with Crippen molar-refractivity contribution < 1.29 is 4.74 Å². The molecule has 0 aromatic heterocycles. The second kappa shape index (κ2) is 4.10. The minimum Gasteiger partial charge on any atom is -0.489 e. The average Bonchev–Trinajstić information content (AvgIpc) is 2.39. The zero-order chi connectivity index (χ0) is 11.7. The van der Waals surface area contributed by atoms with Crippen molar-refractivity contribution in [3.05, 3.63) is 71.3 Å². The van der Waals surface area contributed by atoms with Gasteiger partial charge in [-0.25, -0.2) is 0 Å². The first kappa shape index (κ1) is 10.2. The van der Waals surface area contributed by atoms with Crippen LogP contribution in [0.3, 0.4) is 0 Å². The topological polar surface area (TPSA) is 9.23 Å². The third-order valence-corrected chi connectivity index (χ3v) is 3.04. The quantitative estimate of drug-likeness (QED) is 0.712.